The fourth-order valence-corrected chi connectivity index (χ4v) is 1.38. The molecule has 0 fully saturated rings. The quantitative estimate of drug-likeness (QED) is 0.118. The number of rotatable bonds is 12. The van der Waals surface area contributed by atoms with Crippen LogP contribution >= 0.6 is 0 Å². The molecule has 0 aromatic rings. The first-order valence-electron chi connectivity index (χ1n) is 17.5. The normalized spacial score (nSPS) is 7.51. The zero-order chi connectivity index (χ0) is 51.0. The van der Waals surface area contributed by atoms with E-state index in [0.717, 1.165) is 13.2 Å². The summed E-state index contributed by atoms with van der Waals surface area (Å²) in [6.07, 6.45) is 1.10. The summed E-state index contributed by atoms with van der Waals surface area (Å²) in [4.78, 5) is 107. The van der Waals surface area contributed by atoms with Gasteiger partial charge in [0, 0.05) is 75.8 Å². The lowest BCUT2D eigenvalue weighted by molar-refractivity contribution is -0.165. The molecule has 0 aliphatic rings. The van der Waals surface area contributed by atoms with Gasteiger partial charge in [-0.05, 0) is 20.8 Å². The van der Waals surface area contributed by atoms with Crippen molar-refractivity contribution in [3.8, 4) is 0 Å². The summed E-state index contributed by atoms with van der Waals surface area (Å²) in [5.41, 5.74) is 0. The van der Waals surface area contributed by atoms with Gasteiger partial charge >= 0.3 is 53.7 Å². The van der Waals surface area contributed by atoms with Crippen LogP contribution in [0.1, 0.15) is 94.9 Å². The van der Waals surface area contributed by atoms with Crippen LogP contribution < -0.4 is 0 Å². The summed E-state index contributed by atoms with van der Waals surface area (Å²) in [6, 6.07) is 0. The van der Waals surface area contributed by atoms with Crippen LogP contribution in [0, 0.1) is 0 Å². The summed E-state index contributed by atoms with van der Waals surface area (Å²) < 4.78 is 51.7. The Balaban J connectivity index is -0.0000000520. The van der Waals surface area contributed by atoms with Gasteiger partial charge in [-0.3, -0.25) is 43.2 Å². The predicted molar refractivity (Wildman–Crippen MR) is 219 cm³/mol. The van der Waals surface area contributed by atoms with Crippen LogP contribution in [0.15, 0.2) is 0 Å². The number of esters is 9. The molecular formula is C38H76O23. The van der Waals surface area contributed by atoms with Gasteiger partial charge in [0.15, 0.2) is 0 Å². The fourth-order valence-electron chi connectivity index (χ4n) is 1.38. The highest BCUT2D eigenvalue weighted by molar-refractivity contribution is 5.91. The summed E-state index contributed by atoms with van der Waals surface area (Å²) in [7, 11) is 11.4. The smallest absolute Gasteiger partial charge is 0.316 e. The number of ether oxygens (including phenoxy) is 12. The lowest BCUT2D eigenvalue weighted by Crippen LogP contribution is -2.09. The fraction of sp³-hybridized carbons (Fsp3) is 0.711. The van der Waals surface area contributed by atoms with E-state index in [9.17, 15) is 43.2 Å². The Morgan fingerprint density at radius 3 is 0.639 bits per heavy atom. The zero-order valence-corrected chi connectivity index (χ0v) is 39.7. The maximum atomic E-state index is 10.3. The maximum Gasteiger partial charge on any atom is 0.316 e. The Morgan fingerprint density at radius 1 is 0.361 bits per heavy atom. The molecule has 0 aliphatic carbocycles. The van der Waals surface area contributed by atoms with E-state index in [-0.39, 0.29) is 32.4 Å². The molecule has 61 heavy (non-hydrogen) atoms. The average molecular weight is 901 g/mol. The van der Waals surface area contributed by atoms with Gasteiger partial charge in [0.1, 0.15) is 26.4 Å². The first kappa shape index (κ1) is 83.2. The van der Waals surface area contributed by atoms with Gasteiger partial charge in [0.25, 0.3) is 0 Å². The van der Waals surface area contributed by atoms with Crippen molar-refractivity contribution in [1.82, 2.24) is 0 Å². The molecule has 366 valence electrons. The first-order chi connectivity index (χ1) is 28.6. The lowest BCUT2D eigenvalue weighted by atomic mass is 10.4. The first-order valence-corrected chi connectivity index (χ1v) is 17.5. The molecular weight excluding hydrogens is 824 g/mol. The van der Waals surface area contributed by atoms with Crippen molar-refractivity contribution in [3.05, 3.63) is 0 Å². The van der Waals surface area contributed by atoms with Crippen LogP contribution in [0.25, 0.3) is 0 Å². The molecule has 0 aliphatic heterocycles. The van der Waals surface area contributed by atoms with Crippen LogP contribution in [0.3, 0.4) is 0 Å². The van der Waals surface area contributed by atoms with Gasteiger partial charge in [-0.2, -0.15) is 0 Å². The van der Waals surface area contributed by atoms with Crippen LogP contribution in [0.2, 0.25) is 0 Å². The molecule has 0 atom stereocenters. The molecule has 0 bridgehead atoms. The van der Waals surface area contributed by atoms with E-state index >= 15 is 0 Å². The van der Waals surface area contributed by atoms with Crippen molar-refractivity contribution in [2.45, 2.75) is 94.9 Å². The topological polar surface area (TPSA) is 299 Å². The van der Waals surface area contributed by atoms with Crippen LogP contribution in [0.5, 0.6) is 0 Å². The molecule has 0 amide bonds. The highest BCUT2D eigenvalue weighted by Crippen LogP contribution is 1.87. The minimum Gasteiger partial charge on any atom is -0.469 e. The average Bonchev–Trinajstić information content (AvgIpc) is 3.21. The Labute approximate surface area is 361 Å². The molecule has 0 spiro atoms. The van der Waals surface area contributed by atoms with Crippen molar-refractivity contribution < 1.29 is 110 Å². The molecule has 0 aromatic heterocycles. The van der Waals surface area contributed by atoms with Gasteiger partial charge in [-0.25, -0.2) is 0 Å². The number of hydrogen-bond donors (Lipinski definition) is 0. The SMILES string of the molecule is C=O.C=O.CC(=O)OCOC(C)=O.CC(=O)OCOC(C)=O.CCC.CCOC(=O)CC.CCOCC.COC.COC.COC(=O)CC(=O)OC.COC(=O)CC(=O)OC. The molecule has 23 heteroatoms. The van der Waals surface area contributed by atoms with E-state index in [1.807, 2.05) is 27.4 Å². The van der Waals surface area contributed by atoms with E-state index in [0.29, 0.717) is 13.0 Å². The van der Waals surface area contributed by atoms with E-state index in [1.165, 1.54) is 62.6 Å². The third-order valence-electron chi connectivity index (χ3n) is 3.54. The largest absolute Gasteiger partial charge is 0.469 e. The van der Waals surface area contributed by atoms with Crippen molar-refractivity contribution in [1.29, 1.82) is 0 Å². The van der Waals surface area contributed by atoms with E-state index in [1.54, 1.807) is 42.3 Å². The summed E-state index contributed by atoms with van der Waals surface area (Å²) in [5, 5.41) is 0. The zero-order valence-electron chi connectivity index (χ0n) is 39.7. The molecule has 0 N–H and O–H groups in total. The summed E-state index contributed by atoms with van der Waals surface area (Å²) >= 11 is 0. The molecule has 0 aromatic carbocycles. The Hall–Kier alpha value is -5.55. The van der Waals surface area contributed by atoms with Crippen LogP contribution in [-0.2, 0) is 110 Å². The number of methoxy groups -OCH3 is 6. The van der Waals surface area contributed by atoms with E-state index in [2.05, 4.69) is 66.0 Å². The Kier molecular flexibility index (Phi) is 118. The van der Waals surface area contributed by atoms with Gasteiger partial charge in [0.05, 0.1) is 35.0 Å². The van der Waals surface area contributed by atoms with Crippen molar-refractivity contribution in [2.75, 3.05) is 90.3 Å². The Bertz CT molecular complexity index is 863. The second-order valence-corrected chi connectivity index (χ2v) is 8.90. The summed E-state index contributed by atoms with van der Waals surface area (Å²) in [5.74, 6) is -4.30. The minimum atomic E-state index is -0.582. The molecule has 23 nitrogen and oxygen atoms in total. The Morgan fingerprint density at radius 2 is 0.557 bits per heavy atom. The molecule has 0 heterocycles. The van der Waals surface area contributed by atoms with Crippen LogP contribution in [-0.4, -0.2) is 158 Å². The molecule has 0 radical (unpaired) electrons. The standard InChI is InChI=1S/4C5H8O4.C5H10O2.C4H10O.C3H8.2C2H6O.2CH2O/c2*1-8-4(6)3-5(7)9-2;2*1-4(6)8-3-9-5(2)7;1-3-5(6)7-4-2;1-3-5-4-2;3*1-3-2;2*1-2/h4*3H2,1-2H3;3-4H2,1-2H3;3-4H2,1-2H3;3H2,1-2H3;2*1-2H3;2*1H2. The second kappa shape index (κ2) is 86.3. The highest BCUT2D eigenvalue weighted by atomic mass is 16.7. The van der Waals surface area contributed by atoms with Gasteiger partial charge in [0.2, 0.25) is 13.6 Å². The lowest BCUT2D eigenvalue weighted by Gasteiger charge is -1.99. The number of carbonyl (C=O) groups is 11. The predicted octanol–water partition coefficient (Wildman–Crippen LogP) is 3.16. The molecule has 0 unspecified atom stereocenters. The van der Waals surface area contributed by atoms with E-state index in [4.69, 9.17) is 14.3 Å². The molecule has 0 saturated heterocycles. The van der Waals surface area contributed by atoms with Gasteiger partial charge < -0.3 is 66.4 Å². The third kappa shape index (κ3) is 173. The van der Waals surface area contributed by atoms with Gasteiger partial charge in [-0.15, -0.1) is 0 Å². The third-order valence-corrected chi connectivity index (χ3v) is 3.54. The van der Waals surface area contributed by atoms with Gasteiger partial charge in [-0.1, -0.05) is 27.2 Å². The minimum absolute atomic E-state index is 0.123. The monoisotopic (exact) mass is 900 g/mol. The second-order valence-electron chi connectivity index (χ2n) is 8.90. The number of hydrogen-bond acceptors (Lipinski definition) is 23. The molecule has 0 saturated carbocycles. The molecule has 0 rings (SSSR count). The highest BCUT2D eigenvalue weighted by Gasteiger charge is 2.08. The van der Waals surface area contributed by atoms with Crippen molar-refractivity contribution in [3.63, 3.8) is 0 Å². The van der Waals surface area contributed by atoms with E-state index < -0.39 is 47.8 Å². The summed E-state index contributed by atoms with van der Waals surface area (Å²) in [6.45, 7) is 22.4. The van der Waals surface area contributed by atoms with Crippen molar-refractivity contribution >= 4 is 67.3 Å². The maximum absolute atomic E-state index is 10.3. The van der Waals surface area contributed by atoms with Crippen molar-refractivity contribution in [2.24, 2.45) is 0 Å². The van der Waals surface area contributed by atoms with Crippen LogP contribution in [0.4, 0.5) is 0 Å². The number of carbonyl (C=O) groups excluding carboxylic acids is 11.